The minimum Gasteiger partial charge on any atom is -0.350 e. The van der Waals surface area contributed by atoms with Crippen molar-refractivity contribution in [2.24, 2.45) is 5.92 Å². The maximum absolute atomic E-state index is 12.6. The van der Waals surface area contributed by atoms with Gasteiger partial charge in [-0.05, 0) is 42.5 Å². The van der Waals surface area contributed by atoms with Crippen LogP contribution in [0.3, 0.4) is 0 Å². The lowest BCUT2D eigenvalue weighted by Gasteiger charge is -2.18. The number of hydrogen-bond acceptors (Lipinski definition) is 4. The van der Waals surface area contributed by atoms with Crippen molar-refractivity contribution in [2.45, 2.75) is 52.0 Å². The smallest absolute Gasteiger partial charge is 0.227 e. The van der Waals surface area contributed by atoms with Gasteiger partial charge in [-0.25, -0.2) is 4.98 Å². The maximum atomic E-state index is 12.6. The van der Waals surface area contributed by atoms with Crippen molar-refractivity contribution in [1.29, 1.82) is 0 Å². The second-order valence-electron chi connectivity index (χ2n) is 7.76. The van der Waals surface area contributed by atoms with Crippen LogP contribution in [0.1, 0.15) is 54.4 Å². The number of carbonyl (C=O) groups is 2. The predicted octanol–water partition coefficient (Wildman–Crippen LogP) is 3.42. The molecule has 1 fully saturated rings. The van der Waals surface area contributed by atoms with E-state index in [0.29, 0.717) is 19.0 Å². The molecule has 142 valence electrons. The zero-order valence-electron chi connectivity index (χ0n) is 15.8. The lowest BCUT2D eigenvalue weighted by molar-refractivity contribution is -0.126. The van der Waals surface area contributed by atoms with E-state index in [1.807, 2.05) is 11.4 Å². The van der Waals surface area contributed by atoms with Crippen LogP contribution in [-0.4, -0.2) is 23.3 Å². The molecule has 0 saturated carbocycles. The summed E-state index contributed by atoms with van der Waals surface area (Å²) in [4.78, 5) is 31.3. The normalized spacial score (nSPS) is 19.0. The van der Waals surface area contributed by atoms with Crippen LogP contribution in [0.2, 0.25) is 0 Å². The number of benzene rings is 1. The van der Waals surface area contributed by atoms with Gasteiger partial charge in [0.2, 0.25) is 11.8 Å². The van der Waals surface area contributed by atoms with Crippen LogP contribution in [0.4, 0.5) is 5.69 Å². The third-order valence-corrected chi connectivity index (χ3v) is 6.59. The average molecular weight is 384 g/mol. The molecule has 1 aliphatic carbocycles. The van der Waals surface area contributed by atoms with E-state index in [0.717, 1.165) is 29.2 Å². The van der Waals surface area contributed by atoms with Gasteiger partial charge >= 0.3 is 0 Å². The van der Waals surface area contributed by atoms with Crippen molar-refractivity contribution in [1.82, 2.24) is 10.3 Å². The van der Waals surface area contributed by atoms with E-state index in [4.69, 9.17) is 0 Å². The second kappa shape index (κ2) is 7.43. The Morgan fingerprint density at radius 2 is 2.15 bits per heavy atom. The third kappa shape index (κ3) is 3.76. The Morgan fingerprint density at radius 3 is 2.93 bits per heavy atom. The van der Waals surface area contributed by atoms with Crippen molar-refractivity contribution in [3.05, 3.63) is 45.4 Å². The minimum atomic E-state index is -0.297. The number of nitrogens with one attached hydrogen (secondary N) is 1. The molecule has 6 heteroatoms. The van der Waals surface area contributed by atoms with Crippen LogP contribution < -0.4 is 10.2 Å². The van der Waals surface area contributed by atoms with Crippen molar-refractivity contribution in [3.8, 4) is 0 Å². The molecule has 2 aromatic rings. The predicted molar refractivity (Wildman–Crippen MR) is 107 cm³/mol. The third-order valence-electron chi connectivity index (χ3n) is 5.40. The van der Waals surface area contributed by atoms with Gasteiger partial charge in [-0.3, -0.25) is 9.59 Å². The van der Waals surface area contributed by atoms with Gasteiger partial charge in [0.05, 0.1) is 23.2 Å². The summed E-state index contributed by atoms with van der Waals surface area (Å²) in [5, 5.41) is 6.03. The molecule has 5 nitrogen and oxygen atoms in total. The van der Waals surface area contributed by atoms with Gasteiger partial charge in [0, 0.05) is 30.0 Å². The fourth-order valence-corrected chi connectivity index (χ4v) is 4.68. The Kier molecular flexibility index (Phi) is 5.00. The first-order valence-corrected chi connectivity index (χ1v) is 10.5. The summed E-state index contributed by atoms with van der Waals surface area (Å²) >= 11 is 1.62. The van der Waals surface area contributed by atoms with Crippen LogP contribution in [-0.2, 0) is 29.0 Å². The lowest BCUT2D eigenvalue weighted by atomic mass is 10.1. The van der Waals surface area contributed by atoms with E-state index in [9.17, 15) is 9.59 Å². The van der Waals surface area contributed by atoms with E-state index >= 15 is 0 Å². The van der Waals surface area contributed by atoms with Gasteiger partial charge in [-0.2, -0.15) is 0 Å². The molecule has 0 bridgehead atoms. The van der Waals surface area contributed by atoms with E-state index in [2.05, 4.69) is 36.3 Å². The van der Waals surface area contributed by atoms with E-state index in [1.54, 1.807) is 16.2 Å². The van der Waals surface area contributed by atoms with E-state index < -0.39 is 0 Å². The minimum absolute atomic E-state index is 0.0313. The highest BCUT2D eigenvalue weighted by Crippen LogP contribution is 2.30. The topological polar surface area (TPSA) is 62.3 Å². The molecule has 2 amide bonds. The number of hydrogen-bond donors (Lipinski definition) is 1. The van der Waals surface area contributed by atoms with Crippen LogP contribution in [0, 0.1) is 5.92 Å². The Balaban J connectivity index is 1.37. The molecule has 1 N–H and O–H groups in total. The largest absolute Gasteiger partial charge is 0.350 e. The molecule has 1 aliphatic heterocycles. The standard InChI is InChI=1S/C21H25N3O2S/c1-13(2)21-23-17(12-27-21)10-22-20(26)16-9-19(25)24(11-16)18-7-6-14-4-3-5-15(14)8-18/h6-8,12-13,16H,3-5,9-11H2,1-2H3,(H,22,26). The summed E-state index contributed by atoms with van der Waals surface area (Å²) in [7, 11) is 0. The molecule has 0 radical (unpaired) electrons. The van der Waals surface area contributed by atoms with Crippen LogP contribution >= 0.6 is 11.3 Å². The molecule has 2 heterocycles. The van der Waals surface area contributed by atoms with Gasteiger partial charge in [0.1, 0.15) is 0 Å². The first-order chi connectivity index (χ1) is 13.0. The summed E-state index contributed by atoms with van der Waals surface area (Å²) < 4.78 is 0. The zero-order chi connectivity index (χ0) is 19.0. The monoisotopic (exact) mass is 383 g/mol. The van der Waals surface area contributed by atoms with E-state index in [-0.39, 0.29) is 24.2 Å². The molecule has 0 spiro atoms. The molecular weight excluding hydrogens is 358 g/mol. The molecule has 1 saturated heterocycles. The number of amides is 2. The molecule has 2 aliphatic rings. The van der Waals surface area contributed by atoms with Gasteiger partial charge in [0.25, 0.3) is 0 Å². The summed E-state index contributed by atoms with van der Waals surface area (Å²) in [5.41, 5.74) is 4.55. The first-order valence-electron chi connectivity index (χ1n) is 9.65. The van der Waals surface area contributed by atoms with E-state index in [1.165, 1.54) is 17.5 Å². The number of thiazole rings is 1. The number of aryl methyl sites for hydroxylation is 2. The highest BCUT2D eigenvalue weighted by molar-refractivity contribution is 7.09. The summed E-state index contributed by atoms with van der Waals surface area (Å²) in [6.45, 7) is 5.10. The fraction of sp³-hybridized carbons (Fsp3) is 0.476. The van der Waals surface area contributed by atoms with Gasteiger partial charge < -0.3 is 10.2 Å². The Labute approximate surface area is 163 Å². The summed E-state index contributed by atoms with van der Waals surface area (Å²) in [5.74, 6) is 0.0664. The maximum Gasteiger partial charge on any atom is 0.227 e. The fourth-order valence-electron chi connectivity index (χ4n) is 3.85. The van der Waals surface area contributed by atoms with Crippen molar-refractivity contribution < 1.29 is 9.59 Å². The summed E-state index contributed by atoms with van der Waals surface area (Å²) in [6.07, 6.45) is 3.68. The van der Waals surface area contributed by atoms with Crippen LogP contribution in [0.25, 0.3) is 0 Å². The van der Waals surface area contributed by atoms with Gasteiger partial charge in [0.15, 0.2) is 0 Å². The second-order valence-corrected chi connectivity index (χ2v) is 8.65. The lowest BCUT2D eigenvalue weighted by Crippen LogP contribution is -2.32. The number of fused-ring (bicyclic) bond motifs is 1. The molecule has 1 atom stereocenters. The molecule has 1 aromatic heterocycles. The average Bonchev–Trinajstić information content (AvgIpc) is 3.38. The van der Waals surface area contributed by atoms with Crippen molar-refractivity contribution >= 4 is 28.8 Å². The number of anilines is 1. The molecule has 1 aromatic carbocycles. The quantitative estimate of drug-likeness (QED) is 0.860. The first kappa shape index (κ1) is 18.2. The Morgan fingerprint density at radius 1 is 1.33 bits per heavy atom. The highest BCUT2D eigenvalue weighted by atomic mass is 32.1. The van der Waals surface area contributed by atoms with Gasteiger partial charge in [-0.1, -0.05) is 19.9 Å². The van der Waals surface area contributed by atoms with Crippen molar-refractivity contribution in [3.63, 3.8) is 0 Å². The number of rotatable bonds is 5. The number of carbonyl (C=O) groups excluding carboxylic acids is 2. The zero-order valence-corrected chi connectivity index (χ0v) is 16.6. The Hall–Kier alpha value is -2.21. The van der Waals surface area contributed by atoms with Gasteiger partial charge in [-0.15, -0.1) is 11.3 Å². The SMILES string of the molecule is CC(C)c1nc(CNC(=O)C2CC(=O)N(c3ccc4c(c3)CCC4)C2)cs1. The molecule has 4 rings (SSSR count). The van der Waals surface area contributed by atoms with Crippen LogP contribution in [0.5, 0.6) is 0 Å². The molecule has 27 heavy (non-hydrogen) atoms. The van der Waals surface area contributed by atoms with Crippen molar-refractivity contribution in [2.75, 3.05) is 11.4 Å². The van der Waals surface area contributed by atoms with Crippen LogP contribution in [0.15, 0.2) is 23.6 Å². The highest BCUT2D eigenvalue weighted by Gasteiger charge is 2.35. The number of aromatic nitrogens is 1. The molecule has 1 unspecified atom stereocenters. The summed E-state index contributed by atoms with van der Waals surface area (Å²) in [6, 6.07) is 6.28. The Bertz CT molecular complexity index is 874. The molecular formula is C21H25N3O2S. The number of nitrogens with zero attached hydrogens (tertiary/aromatic N) is 2.